The van der Waals surface area contributed by atoms with E-state index < -0.39 is 0 Å². The Morgan fingerprint density at radius 2 is 1.88 bits per heavy atom. The Morgan fingerprint density at radius 3 is 2.58 bits per heavy atom. The van der Waals surface area contributed by atoms with Crippen LogP contribution in [-0.2, 0) is 6.54 Å². The molecule has 0 saturated heterocycles. The Balaban J connectivity index is 1.94. The summed E-state index contributed by atoms with van der Waals surface area (Å²) < 4.78 is 12.4. The van der Waals surface area contributed by atoms with E-state index in [4.69, 9.17) is 9.47 Å². The van der Waals surface area contributed by atoms with Gasteiger partial charge in [0.25, 0.3) is 0 Å². The van der Waals surface area contributed by atoms with E-state index in [-0.39, 0.29) is 5.75 Å². The maximum Gasteiger partial charge on any atom is 0.174 e. The first-order valence-corrected chi connectivity index (χ1v) is 8.29. The van der Waals surface area contributed by atoms with E-state index in [9.17, 15) is 5.11 Å². The molecule has 1 aromatic heterocycles. The quantitative estimate of drug-likeness (QED) is 0.730. The number of aromatic hydroxyl groups is 1. The molecule has 0 aliphatic heterocycles. The molecular formula is C20H21N3O3. The normalized spacial score (nSPS) is 11.0. The minimum Gasteiger partial charge on any atom is -0.507 e. The number of phenolic OH excluding ortho intramolecular Hbond substituents is 1. The zero-order valence-electron chi connectivity index (χ0n) is 15.0. The third-order valence-electron chi connectivity index (χ3n) is 3.99. The van der Waals surface area contributed by atoms with Crippen LogP contribution in [0, 0.1) is 0 Å². The van der Waals surface area contributed by atoms with Crippen molar-refractivity contribution in [3.05, 3.63) is 53.9 Å². The van der Waals surface area contributed by atoms with Crippen molar-refractivity contribution < 1.29 is 14.6 Å². The predicted octanol–water partition coefficient (Wildman–Crippen LogP) is 3.86. The first kappa shape index (κ1) is 17.5. The van der Waals surface area contributed by atoms with Crippen LogP contribution in [0.1, 0.15) is 18.3 Å². The first-order valence-electron chi connectivity index (χ1n) is 8.29. The lowest BCUT2D eigenvalue weighted by Gasteiger charge is -2.06. The number of para-hydroxylation sites is 1. The standard InChI is InChI=1S/C20H21N3O3/c1-4-23-20(16-7-5-6-8-17(16)24)21-19(22-23)12-10-14-9-11-15(25-2)13-18(14)26-3/h5-13,24H,4H2,1-3H3/b12-10+. The topological polar surface area (TPSA) is 69.4 Å². The van der Waals surface area contributed by atoms with Gasteiger partial charge in [0.1, 0.15) is 17.2 Å². The van der Waals surface area contributed by atoms with Gasteiger partial charge in [0.15, 0.2) is 11.6 Å². The van der Waals surface area contributed by atoms with Crippen LogP contribution < -0.4 is 9.47 Å². The van der Waals surface area contributed by atoms with Crippen molar-refractivity contribution >= 4 is 12.2 Å². The van der Waals surface area contributed by atoms with Gasteiger partial charge in [0.2, 0.25) is 0 Å². The second-order valence-electron chi connectivity index (χ2n) is 5.57. The SMILES string of the molecule is CCn1nc(/C=C/c2ccc(OC)cc2OC)nc1-c1ccccc1O. The molecule has 3 aromatic rings. The number of aryl methyl sites for hydroxylation is 1. The van der Waals surface area contributed by atoms with E-state index in [1.165, 1.54) is 0 Å². The van der Waals surface area contributed by atoms with Gasteiger partial charge in [-0.15, -0.1) is 0 Å². The van der Waals surface area contributed by atoms with E-state index in [1.807, 2.05) is 49.4 Å². The van der Waals surface area contributed by atoms with Crippen molar-refractivity contribution in [2.45, 2.75) is 13.5 Å². The Hall–Kier alpha value is -3.28. The minimum absolute atomic E-state index is 0.182. The summed E-state index contributed by atoms with van der Waals surface area (Å²) in [6.45, 7) is 2.63. The van der Waals surface area contributed by atoms with Crippen LogP contribution in [0.25, 0.3) is 23.5 Å². The van der Waals surface area contributed by atoms with Crippen LogP contribution in [0.4, 0.5) is 0 Å². The second-order valence-corrected chi connectivity index (χ2v) is 5.57. The molecule has 0 fully saturated rings. The first-order chi connectivity index (χ1) is 12.7. The summed E-state index contributed by atoms with van der Waals surface area (Å²) in [5, 5.41) is 14.6. The molecule has 6 heteroatoms. The molecule has 2 aromatic carbocycles. The Labute approximate surface area is 152 Å². The number of ether oxygens (including phenoxy) is 2. The van der Waals surface area contributed by atoms with Crippen molar-refractivity contribution in [3.63, 3.8) is 0 Å². The molecule has 0 aliphatic carbocycles. The summed E-state index contributed by atoms with van der Waals surface area (Å²) in [6, 6.07) is 12.7. The van der Waals surface area contributed by atoms with Crippen LogP contribution in [0.3, 0.4) is 0 Å². The summed E-state index contributed by atoms with van der Waals surface area (Å²) in [4.78, 5) is 4.56. The molecule has 0 saturated carbocycles. The smallest absolute Gasteiger partial charge is 0.174 e. The average Bonchev–Trinajstić information content (AvgIpc) is 3.09. The maximum absolute atomic E-state index is 10.1. The molecule has 0 unspecified atom stereocenters. The van der Waals surface area contributed by atoms with Crippen LogP contribution in [0.15, 0.2) is 42.5 Å². The molecule has 26 heavy (non-hydrogen) atoms. The monoisotopic (exact) mass is 351 g/mol. The molecule has 1 N–H and O–H groups in total. The minimum atomic E-state index is 0.182. The number of rotatable bonds is 6. The molecule has 0 aliphatic rings. The van der Waals surface area contributed by atoms with E-state index in [0.717, 1.165) is 11.3 Å². The Bertz CT molecular complexity index is 932. The molecular weight excluding hydrogens is 330 g/mol. The second kappa shape index (κ2) is 7.74. The summed E-state index contributed by atoms with van der Waals surface area (Å²) >= 11 is 0. The third-order valence-corrected chi connectivity index (χ3v) is 3.99. The number of hydrogen-bond acceptors (Lipinski definition) is 5. The van der Waals surface area contributed by atoms with E-state index in [1.54, 1.807) is 31.0 Å². The number of aromatic nitrogens is 3. The number of nitrogens with zero attached hydrogens (tertiary/aromatic N) is 3. The molecule has 6 nitrogen and oxygen atoms in total. The fourth-order valence-corrected chi connectivity index (χ4v) is 2.63. The van der Waals surface area contributed by atoms with E-state index in [2.05, 4.69) is 10.1 Å². The van der Waals surface area contributed by atoms with Gasteiger partial charge < -0.3 is 14.6 Å². The fraction of sp³-hybridized carbons (Fsp3) is 0.200. The molecule has 1 heterocycles. The summed E-state index contributed by atoms with van der Waals surface area (Å²) in [5.41, 5.74) is 1.55. The van der Waals surface area contributed by atoms with Gasteiger partial charge >= 0.3 is 0 Å². The fourth-order valence-electron chi connectivity index (χ4n) is 2.63. The third kappa shape index (κ3) is 3.54. The highest BCUT2D eigenvalue weighted by molar-refractivity contribution is 5.72. The highest BCUT2D eigenvalue weighted by Gasteiger charge is 2.13. The molecule has 3 rings (SSSR count). The summed E-state index contributed by atoms with van der Waals surface area (Å²) in [5.74, 6) is 2.81. The van der Waals surface area contributed by atoms with Crippen molar-refractivity contribution in [2.75, 3.05) is 14.2 Å². The number of methoxy groups -OCH3 is 2. The highest BCUT2D eigenvalue weighted by atomic mass is 16.5. The lowest BCUT2D eigenvalue weighted by Crippen LogP contribution is -1.99. The summed E-state index contributed by atoms with van der Waals surface area (Å²) in [6.07, 6.45) is 3.71. The molecule has 0 spiro atoms. The molecule has 134 valence electrons. The van der Waals surface area contributed by atoms with Gasteiger partial charge in [-0.2, -0.15) is 5.10 Å². The van der Waals surface area contributed by atoms with Gasteiger partial charge in [-0.25, -0.2) is 9.67 Å². The average molecular weight is 351 g/mol. The number of phenols is 1. The molecule has 0 amide bonds. The zero-order chi connectivity index (χ0) is 18.5. The Morgan fingerprint density at radius 1 is 1.08 bits per heavy atom. The van der Waals surface area contributed by atoms with Gasteiger partial charge in [-0.1, -0.05) is 12.1 Å². The van der Waals surface area contributed by atoms with E-state index >= 15 is 0 Å². The van der Waals surface area contributed by atoms with Gasteiger partial charge in [-0.3, -0.25) is 0 Å². The van der Waals surface area contributed by atoms with Crippen molar-refractivity contribution in [3.8, 4) is 28.6 Å². The van der Waals surface area contributed by atoms with Crippen molar-refractivity contribution in [1.29, 1.82) is 0 Å². The van der Waals surface area contributed by atoms with Crippen LogP contribution in [0.2, 0.25) is 0 Å². The van der Waals surface area contributed by atoms with Crippen LogP contribution in [-0.4, -0.2) is 34.1 Å². The van der Waals surface area contributed by atoms with Gasteiger partial charge in [0.05, 0.1) is 19.8 Å². The van der Waals surface area contributed by atoms with E-state index in [0.29, 0.717) is 29.5 Å². The number of hydrogen-bond donors (Lipinski definition) is 1. The van der Waals surface area contributed by atoms with Gasteiger partial charge in [0, 0.05) is 18.2 Å². The lowest BCUT2D eigenvalue weighted by molar-refractivity contribution is 0.394. The highest BCUT2D eigenvalue weighted by Crippen LogP contribution is 2.28. The van der Waals surface area contributed by atoms with Gasteiger partial charge in [-0.05, 0) is 43.3 Å². The van der Waals surface area contributed by atoms with Crippen molar-refractivity contribution in [2.24, 2.45) is 0 Å². The van der Waals surface area contributed by atoms with Crippen LogP contribution in [0.5, 0.6) is 17.2 Å². The maximum atomic E-state index is 10.1. The largest absolute Gasteiger partial charge is 0.507 e. The molecule has 0 bridgehead atoms. The Kier molecular flexibility index (Phi) is 5.22. The molecule has 0 atom stereocenters. The summed E-state index contributed by atoms with van der Waals surface area (Å²) in [7, 11) is 3.23. The van der Waals surface area contributed by atoms with Crippen LogP contribution >= 0.6 is 0 Å². The number of benzene rings is 2. The van der Waals surface area contributed by atoms with Crippen molar-refractivity contribution in [1.82, 2.24) is 14.8 Å². The lowest BCUT2D eigenvalue weighted by atomic mass is 10.1. The predicted molar refractivity (Wildman–Crippen MR) is 101 cm³/mol. The zero-order valence-corrected chi connectivity index (χ0v) is 15.0. The molecule has 0 radical (unpaired) electrons.